The van der Waals surface area contributed by atoms with Gasteiger partial charge in [-0.3, -0.25) is 4.79 Å². The van der Waals surface area contributed by atoms with Crippen molar-refractivity contribution in [1.82, 2.24) is 0 Å². The van der Waals surface area contributed by atoms with E-state index in [-0.39, 0.29) is 11.8 Å². The largest absolute Gasteiger partial charge is 0.380 e. The molecule has 0 radical (unpaired) electrons. The van der Waals surface area contributed by atoms with E-state index in [0.717, 1.165) is 15.7 Å². The third kappa shape index (κ3) is 3.48. The van der Waals surface area contributed by atoms with Crippen LogP contribution >= 0.6 is 27.5 Å². The van der Waals surface area contributed by atoms with Crippen LogP contribution in [-0.2, 0) is 16.1 Å². The minimum Gasteiger partial charge on any atom is -0.380 e. The van der Waals surface area contributed by atoms with Crippen molar-refractivity contribution in [3.05, 3.63) is 28.2 Å². The van der Waals surface area contributed by atoms with Gasteiger partial charge in [0, 0.05) is 22.8 Å². The Balaban J connectivity index is 2.94. The van der Waals surface area contributed by atoms with Gasteiger partial charge in [-0.2, -0.15) is 0 Å². The maximum absolute atomic E-state index is 11.1. The number of ether oxygens (including phenoxy) is 1. The van der Waals surface area contributed by atoms with E-state index in [4.69, 9.17) is 16.3 Å². The van der Waals surface area contributed by atoms with E-state index in [9.17, 15) is 4.79 Å². The van der Waals surface area contributed by atoms with Crippen LogP contribution in [0, 0.1) is 0 Å². The fourth-order valence-corrected chi connectivity index (χ4v) is 1.70. The SMILES string of the molecule is COCc1c(Br)cccc1NC(=O)CCl. The molecule has 0 heterocycles. The van der Waals surface area contributed by atoms with Crippen LogP contribution in [0.2, 0.25) is 0 Å². The number of carbonyl (C=O) groups is 1. The molecule has 0 aromatic heterocycles. The van der Waals surface area contributed by atoms with E-state index in [1.807, 2.05) is 18.2 Å². The van der Waals surface area contributed by atoms with E-state index in [1.165, 1.54) is 0 Å². The summed E-state index contributed by atoms with van der Waals surface area (Å²) in [6.45, 7) is 0.430. The summed E-state index contributed by atoms with van der Waals surface area (Å²) in [5.41, 5.74) is 1.62. The number of halogens is 2. The predicted molar refractivity (Wildman–Crippen MR) is 64.2 cm³/mol. The van der Waals surface area contributed by atoms with Gasteiger partial charge < -0.3 is 10.1 Å². The topological polar surface area (TPSA) is 38.3 Å². The Hall–Kier alpha value is -0.580. The number of amides is 1. The Labute approximate surface area is 102 Å². The number of carbonyl (C=O) groups excluding carboxylic acids is 1. The Morgan fingerprint density at radius 1 is 1.60 bits per heavy atom. The Bertz CT molecular complexity index is 357. The predicted octanol–water partition coefficient (Wildman–Crippen LogP) is 2.77. The standard InChI is InChI=1S/C10H11BrClNO2/c1-15-6-7-8(11)3-2-4-9(7)13-10(14)5-12/h2-4H,5-6H2,1H3,(H,13,14). The zero-order chi connectivity index (χ0) is 11.3. The molecule has 1 aromatic carbocycles. The highest BCUT2D eigenvalue weighted by molar-refractivity contribution is 9.10. The quantitative estimate of drug-likeness (QED) is 0.867. The highest BCUT2D eigenvalue weighted by Gasteiger charge is 2.08. The van der Waals surface area contributed by atoms with Crippen LogP contribution in [0.5, 0.6) is 0 Å². The molecule has 0 atom stereocenters. The maximum atomic E-state index is 11.1. The van der Waals surface area contributed by atoms with Crippen molar-refractivity contribution < 1.29 is 9.53 Å². The highest BCUT2D eigenvalue weighted by atomic mass is 79.9. The summed E-state index contributed by atoms with van der Waals surface area (Å²) < 4.78 is 5.95. The molecule has 0 unspecified atom stereocenters. The molecule has 15 heavy (non-hydrogen) atoms. The van der Waals surface area contributed by atoms with E-state index >= 15 is 0 Å². The van der Waals surface area contributed by atoms with Gasteiger partial charge in [0.05, 0.1) is 6.61 Å². The first-order valence-electron chi connectivity index (χ1n) is 4.31. The summed E-state index contributed by atoms with van der Waals surface area (Å²) in [5, 5.41) is 2.70. The van der Waals surface area contributed by atoms with Crippen molar-refractivity contribution in [2.24, 2.45) is 0 Å². The molecule has 1 amide bonds. The Morgan fingerprint density at radius 3 is 2.93 bits per heavy atom. The monoisotopic (exact) mass is 291 g/mol. The first kappa shape index (κ1) is 12.5. The van der Waals surface area contributed by atoms with Crippen LogP contribution in [0.1, 0.15) is 5.56 Å². The zero-order valence-corrected chi connectivity index (χ0v) is 10.6. The number of hydrogen-bond donors (Lipinski definition) is 1. The second kappa shape index (κ2) is 6.10. The van der Waals surface area contributed by atoms with Crippen molar-refractivity contribution in [3.8, 4) is 0 Å². The summed E-state index contributed by atoms with van der Waals surface area (Å²) in [6.07, 6.45) is 0. The molecule has 0 aliphatic rings. The molecule has 1 N–H and O–H groups in total. The third-order valence-corrected chi connectivity index (χ3v) is 2.79. The normalized spacial score (nSPS) is 10.1. The van der Waals surface area contributed by atoms with Crippen LogP contribution < -0.4 is 5.32 Å². The lowest BCUT2D eigenvalue weighted by atomic mass is 10.2. The second-order valence-corrected chi connectivity index (χ2v) is 4.00. The molecule has 0 spiro atoms. The molecule has 0 saturated carbocycles. The summed E-state index contributed by atoms with van der Waals surface area (Å²) in [4.78, 5) is 11.1. The van der Waals surface area contributed by atoms with E-state index in [2.05, 4.69) is 21.2 Å². The lowest BCUT2D eigenvalue weighted by molar-refractivity contribution is -0.113. The molecule has 0 saturated heterocycles. The summed E-state index contributed by atoms with van der Waals surface area (Å²) in [5.74, 6) is -0.286. The zero-order valence-electron chi connectivity index (χ0n) is 8.22. The van der Waals surface area contributed by atoms with E-state index in [1.54, 1.807) is 7.11 Å². The van der Waals surface area contributed by atoms with Crippen LogP contribution in [0.15, 0.2) is 22.7 Å². The second-order valence-electron chi connectivity index (χ2n) is 2.88. The Morgan fingerprint density at radius 2 is 2.33 bits per heavy atom. The fourth-order valence-electron chi connectivity index (χ4n) is 1.15. The number of hydrogen-bond acceptors (Lipinski definition) is 2. The van der Waals surface area contributed by atoms with Gasteiger partial charge in [0.2, 0.25) is 5.91 Å². The fraction of sp³-hybridized carbons (Fsp3) is 0.300. The molecule has 0 aliphatic carbocycles. The van der Waals surface area contributed by atoms with E-state index in [0.29, 0.717) is 6.61 Å². The number of alkyl halides is 1. The summed E-state index contributed by atoms with van der Waals surface area (Å²) in [6, 6.07) is 5.54. The van der Waals surface area contributed by atoms with Crippen molar-refractivity contribution >= 4 is 39.1 Å². The first-order valence-corrected chi connectivity index (χ1v) is 5.64. The Kier molecular flexibility index (Phi) is 5.08. The van der Waals surface area contributed by atoms with Crippen molar-refractivity contribution in [1.29, 1.82) is 0 Å². The van der Waals surface area contributed by atoms with Crippen LogP contribution in [0.4, 0.5) is 5.69 Å². The van der Waals surface area contributed by atoms with Crippen molar-refractivity contribution in [2.75, 3.05) is 18.3 Å². The lowest BCUT2D eigenvalue weighted by Gasteiger charge is -2.11. The number of methoxy groups -OCH3 is 1. The molecule has 82 valence electrons. The molecule has 1 rings (SSSR count). The summed E-state index contributed by atoms with van der Waals surface area (Å²) in [7, 11) is 1.60. The lowest BCUT2D eigenvalue weighted by Crippen LogP contribution is -2.14. The van der Waals surface area contributed by atoms with Gasteiger partial charge in [-0.1, -0.05) is 22.0 Å². The van der Waals surface area contributed by atoms with Crippen molar-refractivity contribution in [3.63, 3.8) is 0 Å². The summed E-state index contributed by atoms with van der Waals surface area (Å²) >= 11 is 8.81. The van der Waals surface area contributed by atoms with Crippen LogP contribution in [0.3, 0.4) is 0 Å². The van der Waals surface area contributed by atoms with Gasteiger partial charge in [0.15, 0.2) is 0 Å². The minimum absolute atomic E-state index is 0.0566. The van der Waals surface area contributed by atoms with Gasteiger partial charge in [-0.15, -0.1) is 11.6 Å². The van der Waals surface area contributed by atoms with Gasteiger partial charge in [-0.05, 0) is 12.1 Å². The average molecular weight is 293 g/mol. The molecule has 3 nitrogen and oxygen atoms in total. The van der Waals surface area contributed by atoms with Crippen molar-refractivity contribution in [2.45, 2.75) is 6.61 Å². The van der Waals surface area contributed by atoms with Gasteiger partial charge in [-0.25, -0.2) is 0 Å². The number of anilines is 1. The first-order chi connectivity index (χ1) is 7.19. The van der Waals surface area contributed by atoms with Gasteiger partial charge in [0.25, 0.3) is 0 Å². The third-order valence-electron chi connectivity index (χ3n) is 1.80. The highest BCUT2D eigenvalue weighted by Crippen LogP contribution is 2.25. The number of nitrogens with one attached hydrogen (secondary N) is 1. The minimum atomic E-state index is -0.230. The molecular weight excluding hydrogens is 281 g/mol. The molecule has 0 bridgehead atoms. The number of benzene rings is 1. The molecule has 1 aromatic rings. The molecule has 0 aliphatic heterocycles. The molecule has 0 fully saturated rings. The molecule has 5 heteroatoms. The van der Waals surface area contributed by atoms with E-state index < -0.39 is 0 Å². The maximum Gasteiger partial charge on any atom is 0.239 e. The molecular formula is C10H11BrClNO2. The van der Waals surface area contributed by atoms with Gasteiger partial charge in [0.1, 0.15) is 5.88 Å². The van der Waals surface area contributed by atoms with Crippen LogP contribution in [0.25, 0.3) is 0 Å². The average Bonchev–Trinajstić information content (AvgIpc) is 2.23. The van der Waals surface area contributed by atoms with Crippen LogP contribution in [-0.4, -0.2) is 18.9 Å². The smallest absolute Gasteiger partial charge is 0.239 e. The number of rotatable bonds is 4. The van der Waals surface area contributed by atoms with Gasteiger partial charge >= 0.3 is 0 Å².